The number of nitrogens with zero attached hydrogens (tertiary/aromatic N) is 2. The Morgan fingerprint density at radius 1 is 1.30 bits per heavy atom. The van der Waals surface area contributed by atoms with Crippen LogP contribution in [0.15, 0.2) is 24.3 Å². The van der Waals surface area contributed by atoms with Gasteiger partial charge in [0.25, 0.3) is 0 Å². The van der Waals surface area contributed by atoms with Gasteiger partial charge in [-0.2, -0.15) is 0 Å². The van der Waals surface area contributed by atoms with Crippen molar-refractivity contribution >= 4 is 36.1 Å². The van der Waals surface area contributed by atoms with Crippen LogP contribution in [0.25, 0.3) is 0 Å². The maximum Gasteiger partial charge on any atom is 0.406 e. The average molecular weight is 562 g/mol. The lowest BCUT2D eigenvalue weighted by molar-refractivity contribution is -0.0115. The number of urea groups is 1. The van der Waals surface area contributed by atoms with Crippen molar-refractivity contribution in [3.8, 4) is 0 Å². The van der Waals surface area contributed by atoms with Crippen molar-refractivity contribution in [1.29, 1.82) is 0 Å². The van der Waals surface area contributed by atoms with Crippen molar-refractivity contribution in [1.82, 2.24) is 20.7 Å². The molecular weight excluding hydrogens is 519 g/mol. The number of alkyl carbamates (subject to hydrolysis) is 1. The SMILES string of the molecule is CNN(CCCC1CCCOC1)C(=O)N1CCCC([C@@H](OCCNC(=O)OC)c2cccc(Cl)c2)C1.Cl. The van der Waals surface area contributed by atoms with Gasteiger partial charge in [0, 0.05) is 57.4 Å². The van der Waals surface area contributed by atoms with Crippen LogP contribution in [-0.2, 0) is 14.2 Å². The zero-order valence-corrected chi connectivity index (χ0v) is 23.5. The first kappa shape index (κ1) is 31.4. The highest BCUT2D eigenvalue weighted by Gasteiger charge is 2.33. The fraction of sp³-hybridized carbons (Fsp3) is 0.692. The minimum Gasteiger partial charge on any atom is -0.453 e. The molecule has 3 rings (SSSR count). The van der Waals surface area contributed by atoms with Gasteiger partial charge >= 0.3 is 12.1 Å². The number of methoxy groups -OCH3 is 1. The molecule has 0 bridgehead atoms. The molecule has 2 N–H and O–H groups in total. The van der Waals surface area contributed by atoms with E-state index in [9.17, 15) is 9.59 Å². The zero-order valence-electron chi connectivity index (χ0n) is 22.0. The molecule has 0 aromatic heterocycles. The highest BCUT2D eigenvalue weighted by molar-refractivity contribution is 6.30. The van der Waals surface area contributed by atoms with E-state index in [0.29, 0.717) is 37.2 Å². The molecule has 3 amide bonds. The van der Waals surface area contributed by atoms with Gasteiger partial charge in [0.05, 0.1) is 19.8 Å². The predicted molar refractivity (Wildman–Crippen MR) is 146 cm³/mol. The smallest absolute Gasteiger partial charge is 0.406 e. The molecule has 3 atom stereocenters. The van der Waals surface area contributed by atoms with Crippen molar-refractivity contribution < 1.29 is 23.8 Å². The Morgan fingerprint density at radius 3 is 2.84 bits per heavy atom. The summed E-state index contributed by atoms with van der Waals surface area (Å²) in [6.07, 6.45) is 5.45. The van der Waals surface area contributed by atoms with Crippen molar-refractivity contribution in [3.63, 3.8) is 0 Å². The van der Waals surface area contributed by atoms with E-state index < -0.39 is 6.09 Å². The molecule has 210 valence electrons. The number of hydrazine groups is 1. The third kappa shape index (κ3) is 10.1. The first-order chi connectivity index (χ1) is 17.5. The van der Waals surface area contributed by atoms with Crippen molar-refractivity contribution in [2.45, 2.75) is 44.6 Å². The molecular formula is C26H42Cl2N4O5. The monoisotopic (exact) mass is 560 g/mol. The summed E-state index contributed by atoms with van der Waals surface area (Å²) < 4.78 is 16.5. The molecule has 1 aromatic rings. The van der Waals surface area contributed by atoms with Gasteiger partial charge in [0.15, 0.2) is 0 Å². The number of amides is 3. The number of carbonyl (C=O) groups excluding carboxylic acids is 2. The van der Waals surface area contributed by atoms with Gasteiger partial charge in [-0.05, 0) is 62.1 Å². The van der Waals surface area contributed by atoms with Crippen LogP contribution in [0.2, 0.25) is 5.02 Å². The summed E-state index contributed by atoms with van der Waals surface area (Å²) in [6, 6.07) is 7.66. The number of halogens is 2. The second-order valence-electron chi connectivity index (χ2n) is 9.50. The summed E-state index contributed by atoms with van der Waals surface area (Å²) in [5.74, 6) is 0.702. The molecule has 2 aliphatic rings. The van der Waals surface area contributed by atoms with Gasteiger partial charge in [-0.3, -0.25) is 5.01 Å². The average Bonchev–Trinajstić information content (AvgIpc) is 2.91. The number of nitrogens with one attached hydrogen (secondary N) is 2. The Morgan fingerprint density at radius 2 is 2.14 bits per heavy atom. The highest BCUT2D eigenvalue weighted by Crippen LogP contribution is 2.34. The summed E-state index contributed by atoms with van der Waals surface area (Å²) in [5.41, 5.74) is 4.06. The second kappa shape index (κ2) is 16.9. The first-order valence-corrected chi connectivity index (χ1v) is 13.4. The predicted octanol–water partition coefficient (Wildman–Crippen LogP) is 4.65. The van der Waals surface area contributed by atoms with Crippen LogP contribution in [-0.4, -0.2) is 82.2 Å². The summed E-state index contributed by atoms with van der Waals surface area (Å²) >= 11 is 6.28. The zero-order chi connectivity index (χ0) is 25.8. The van der Waals surface area contributed by atoms with Crippen molar-refractivity contribution in [3.05, 3.63) is 34.9 Å². The van der Waals surface area contributed by atoms with Gasteiger partial charge < -0.3 is 24.4 Å². The molecule has 0 aliphatic carbocycles. The maximum absolute atomic E-state index is 13.4. The third-order valence-electron chi connectivity index (χ3n) is 6.94. The van der Waals surface area contributed by atoms with E-state index in [1.807, 2.05) is 29.2 Å². The van der Waals surface area contributed by atoms with Crippen molar-refractivity contribution in [2.75, 3.05) is 60.2 Å². The number of hydrogen-bond donors (Lipinski definition) is 2. The lowest BCUT2D eigenvalue weighted by Crippen LogP contribution is -2.52. The Kier molecular flexibility index (Phi) is 14.4. The van der Waals surface area contributed by atoms with Crippen LogP contribution in [0.3, 0.4) is 0 Å². The van der Waals surface area contributed by atoms with E-state index in [2.05, 4.69) is 15.5 Å². The van der Waals surface area contributed by atoms with E-state index in [-0.39, 0.29) is 30.5 Å². The number of ether oxygens (including phenoxy) is 3. The van der Waals surface area contributed by atoms with E-state index >= 15 is 0 Å². The molecule has 2 heterocycles. The van der Waals surface area contributed by atoms with Gasteiger partial charge in [-0.15, -0.1) is 12.4 Å². The number of carbonyl (C=O) groups is 2. The van der Waals surface area contributed by atoms with Crippen molar-refractivity contribution in [2.24, 2.45) is 11.8 Å². The standard InChI is InChI=1S/C26H41ClN4O5.ClH/c1-28-31(14-4-7-20-8-6-15-35-19-20)26(33)30-13-5-10-22(18-30)24(21-9-3-11-23(27)17-21)36-16-12-29-25(32)34-2;/h3,9,11,17,20,22,24,28H,4-8,10,12-16,18-19H2,1-2H3,(H,29,32);1H/t20?,22?,24-;/m0./s1. The summed E-state index contributed by atoms with van der Waals surface area (Å²) in [7, 11) is 3.13. The molecule has 2 aliphatic heterocycles. The Balaban J connectivity index is 0.00000481. The summed E-state index contributed by atoms with van der Waals surface area (Å²) in [5, 5.41) is 5.01. The van der Waals surface area contributed by atoms with Gasteiger partial charge in [-0.25, -0.2) is 15.0 Å². The molecule has 9 nitrogen and oxygen atoms in total. The van der Waals surface area contributed by atoms with Crippen LogP contribution < -0.4 is 10.7 Å². The number of benzene rings is 1. The minimum atomic E-state index is -0.490. The molecule has 37 heavy (non-hydrogen) atoms. The van der Waals surface area contributed by atoms with E-state index in [1.165, 1.54) is 13.5 Å². The molecule has 2 fully saturated rings. The lowest BCUT2D eigenvalue weighted by atomic mass is 9.88. The molecule has 2 saturated heterocycles. The van der Waals surface area contributed by atoms with E-state index in [1.54, 1.807) is 12.1 Å². The fourth-order valence-corrected chi connectivity index (χ4v) is 5.28. The molecule has 0 saturated carbocycles. The fourth-order valence-electron chi connectivity index (χ4n) is 5.08. The van der Waals surface area contributed by atoms with Crippen LogP contribution in [0.5, 0.6) is 0 Å². The Bertz CT molecular complexity index is 828. The molecule has 0 radical (unpaired) electrons. The Labute approximate surface area is 231 Å². The van der Waals surface area contributed by atoms with Crippen LogP contribution in [0.1, 0.15) is 50.2 Å². The maximum atomic E-state index is 13.4. The molecule has 1 aromatic carbocycles. The molecule has 0 spiro atoms. The highest BCUT2D eigenvalue weighted by atomic mass is 35.5. The van der Waals surface area contributed by atoms with Crippen LogP contribution in [0.4, 0.5) is 9.59 Å². The molecule has 2 unspecified atom stereocenters. The van der Waals surface area contributed by atoms with Crippen LogP contribution in [0, 0.1) is 11.8 Å². The number of hydrogen-bond acceptors (Lipinski definition) is 6. The molecule has 11 heteroatoms. The topological polar surface area (TPSA) is 92.4 Å². The van der Waals surface area contributed by atoms with Gasteiger partial charge in [0.1, 0.15) is 0 Å². The van der Waals surface area contributed by atoms with E-state index in [4.69, 9.17) is 21.1 Å². The summed E-state index contributed by atoms with van der Waals surface area (Å²) in [4.78, 5) is 26.7. The van der Waals surface area contributed by atoms with Crippen LogP contribution >= 0.6 is 24.0 Å². The number of likely N-dealkylation sites (tertiary alicyclic amines) is 1. The normalized spacial score (nSPS) is 20.5. The van der Waals surface area contributed by atoms with Gasteiger partial charge in [-0.1, -0.05) is 23.7 Å². The third-order valence-corrected chi connectivity index (χ3v) is 7.17. The first-order valence-electron chi connectivity index (χ1n) is 13.0. The number of rotatable bonds is 11. The van der Waals surface area contributed by atoms with Gasteiger partial charge in [0.2, 0.25) is 0 Å². The lowest BCUT2D eigenvalue weighted by Gasteiger charge is -2.39. The quantitative estimate of drug-likeness (QED) is 0.302. The minimum absolute atomic E-state index is 0. The number of piperidine rings is 1. The second-order valence-corrected chi connectivity index (χ2v) is 9.93. The Hall–Kier alpha value is -1.78. The largest absolute Gasteiger partial charge is 0.453 e. The summed E-state index contributed by atoms with van der Waals surface area (Å²) in [6.45, 7) is 4.34. The van der Waals surface area contributed by atoms with E-state index in [0.717, 1.165) is 57.4 Å².